The molecule has 1 aromatic rings. The van der Waals surface area contributed by atoms with E-state index in [9.17, 15) is 0 Å². The molecule has 0 aromatic heterocycles. The van der Waals surface area contributed by atoms with E-state index < -0.39 is 0 Å². The van der Waals surface area contributed by atoms with E-state index in [0.717, 1.165) is 12.6 Å². The minimum atomic E-state index is 0.899. The number of quaternary nitrogens is 1. The predicted molar refractivity (Wildman–Crippen MR) is 59.1 cm³/mol. The summed E-state index contributed by atoms with van der Waals surface area (Å²) < 4.78 is 0. The Morgan fingerprint density at radius 3 is 2.43 bits per heavy atom. The van der Waals surface area contributed by atoms with Crippen LogP contribution in [-0.2, 0) is 6.54 Å². The molecule has 76 valence electrons. The van der Waals surface area contributed by atoms with Gasteiger partial charge in [0.05, 0.1) is 6.04 Å². The van der Waals surface area contributed by atoms with E-state index in [-0.39, 0.29) is 0 Å². The van der Waals surface area contributed by atoms with Crippen LogP contribution in [0.5, 0.6) is 0 Å². The zero-order valence-electron chi connectivity index (χ0n) is 9.00. The first-order valence-electron chi connectivity index (χ1n) is 5.73. The Labute approximate surface area is 86.5 Å². The van der Waals surface area contributed by atoms with Gasteiger partial charge < -0.3 is 5.32 Å². The van der Waals surface area contributed by atoms with E-state index in [1.54, 1.807) is 0 Å². The first-order chi connectivity index (χ1) is 6.84. The summed E-state index contributed by atoms with van der Waals surface area (Å²) in [5, 5.41) is 2.51. The minimum absolute atomic E-state index is 0.899. The van der Waals surface area contributed by atoms with Crippen LogP contribution in [-0.4, -0.2) is 6.04 Å². The molecule has 0 bridgehead atoms. The van der Waals surface area contributed by atoms with E-state index in [2.05, 4.69) is 36.5 Å². The molecule has 0 heterocycles. The predicted octanol–water partition coefficient (Wildman–Crippen LogP) is 2.00. The van der Waals surface area contributed by atoms with Crippen molar-refractivity contribution in [3.63, 3.8) is 0 Å². The molecule has 1 nitrogen and oxygen atoms in total. The average molecular weight is 190 g/mol. The van der Waals surface area contributed by atoms with Gasteiger partial charge in [-0.1, -0.05) is 29.8 Å². The highest BCUT2D eigenvalue weighted by Gasteiger charge is 2.16. The largest absolute Gasteiger partial charge is 0.340 e. The fourth-order valence-corrected chi connectivity index (χ4v) is 2.22. The van der Waals surface area contributed by atoms with E-state index in [4.69, 9.17) is 0 Å². The van der Waals surface area contributed by atoms with Gasteiger partial charge in [0.2, 0.25) is 0 Å². The second-order valence-electron chi connectivity index (χ2n) is 4.47. The van der Waals surface area contributed by atoms with Gasteiger partial charge in [0.25, 0.3) is 0 Å². The van der Waals surface area contributed by atoms with Crippen LogP contribution < -0.4 is 5.32 Å². The Hall–Kier alpha value is -0.820. The molecule has 1 fully saturated rings. The van der Waals surface area contributed by atoms with E-state index in [0.29, 0.717) is 0 Å². The van der Waals surface area contributed by atoms with Crippen LogP contribution in [0.25, 0.3) is 0 Å². The average Bonchev–Trinajstić information content (AvgIpc) is 2.70. The molecule has 14 heavy (non-hydrogen) atoms. The van der Waals surface area contributed by atoms with Gasteiger partial charge in [-0.05, 0) is 32.6 Å². The van der Waals surface area contributed by atoms with Crippen molar-refractivity contribution in [1.29, 1.82) is 0 Å². The summed E-state index contributed by atoms with van der Waals surface area (Å²) in [7, 11) is 0. The van der Waals surface area contributed by atoms with Crippen molar-refractivity contribution in [2.24, 2.45) is 0 Å². The van der Waals surface area contributed by atoms with Crippen molar-refractivity contribution in [1.82, 2.24) is 0 Å². The number of hydrogen-bond acceptors (Lipinski definition) is 0. The monoisotopic (exact) mass is 190 g/mol. The zero-order valence-corrected chi connectivity index (χ0v) is 9.00. The normalized spacial score (nSPS) is 17.5. The van der Waals surface area contributed by atoms with Crippen LogP contribution in [0, 0.1) is 6.92 Å². The highest BCUT2D eigenvalue weighted by molar-refractivity contribution is 5.20. The molecule has 1 aromatic carbocycles. The molecule has 0 aliphatic heterocycles. The standard InChI is InChI=1S/C13H19N/c1-11-6-8-12(9-7-11)10-14-13-4-2-3-5-13/h6-9,13-14H,2-5,10H2,1H3/p+1. The maximum absolute atomic E-state index is 2.51. The summed E-state index contributed by atoms with van der Waals surface area (Å²) in [5.74, 6) is 0. The summed E-state index contributed by atoms with van der Waals surface area (Å²) in [6, 6.07) is 9.81. The van der Waals surface area contributed by atoms with Gasteiger partial charge in [-0.3, -0.25) is 0 Å². The molecule has 0 saturated heterocycles. The highest BCUT2D eigenvalue weighted by atomic mass is 14.9. The van der Waals surface area contributed by atoms with Crippen molar-refractivity contribution < 1.29 is 5.32 Å². The Morgan fingerprint density at radius 2 is 1.79 bits per heavy atom. The quantitative estimate of drug-likeness (QED) is 0.751. The number of hydrogen-bond donors (Lipinski definition) is 1. The lowest BCUT2D eigenvalue weighted by molar-refractivity contribution is -0.703. The van der Waals surface area contributed by atoms with Crippen molar-refractivity contribution in [2.45, 2.75) is 45.2 Å². The maximum atomic E-state index is 2.51. The van der Waals surface area contributed by atoms with Gasteiger partial charge in [-0.25, -0.2) is 0 Å². The van der Waals surface area contributed by atoms with E-state index in [1.165, 1.54) is 36.8 Å². The Kier molecular flexibility index (Phi) is 3.20. The highest BCUT2D eigenvalue weighted by Crippen LogP contribution is 2.14. The third-order valence-corrected chi connectivity index (χ3v) is 3.21. The second-order valence-corrected chi connectivity index (χ2v) is 4.47. The van der Waals surface area contributed by atoms with Crippen LogP contribution in [0.4, 0.5) is 0 Å². The molecule has 0 unspecified atom stereocenters. The minimum Gasteiger partial charge on any atom is -0.340 e. The smallest absolute Gasteiger partial charge is 0.101 e. The van der Waals surface area contributed by atoms with Gasteiger partial charge in [0, 0.05) is 5.56 Å². The number of aryl methyl sites for hydroxylation is 1. The lowest BCUT2D eigenvalue weighted by atomic mass is 10.1. The van der Waals surface area contributed by atoms with Crippen molar-refractivity contribution in [3.05, 3.63) is 35.4 Å². The van der Waals surface area contributed by atoms with Crippen molar-refractivity contribution in [2.75, 3.05) is 0 Å². The fraction of sp³-hybridized carbons (Fsp3) is 0.538. The third-order valence-electron chi connectivity index (χ3n) is 3.21. The van der Waals surface area contributed by atoms with Crippen LogP contribution in [0.2, 0.25) is 0 Å². The van der Waals surface area contributed by atoms with Crippen LogP contribution in [0.3, 0.4) is 0 Å². The topological polar surface area (TPSA) is 16.6 Å². The first kappa shape index (κ1) is 9.72. The van der Waals surface area contributed by atoms with Gasteiger partial charge in [0.1, 0.15) is 6.54 Å². The van der Waals surface area contributed by atoms with E-state index in [1.807, 2.05) is 0 Å². The Balaban J connectivity index is 1.82. The molecule has 0 spiro atoms. The SMILES string of the molecule is Cc1ccc(C[NH2+]C2CCCC2)cc1. The lowest BCUT2D eigenvalue weighted by Gasteiger charge is -2.08. The fourth-order valence-electron chi connectivity index (χ4n) is 2.22. The number of benzene rings is 1. The lowest BCUT2D eigenvalue weighted by Crippen LogP contribution is -2.87. The summed E-state index contributed by atoms with van der Waals surface area (Å²) in [5.41, 5.74) is 2.82. The molecule has 1 aliphatic rings. The molecule has 2 rings (SSSR count). The molecule has 1 saturated carbocycles. The van der Waals surface area contributed by atoms with Gasteiger partial charge in [0.15, 0.2) is 0 Å². The second kappa shape index (κ2) is 4.61. The summed E-state index contributed by atoms with van der Waals surface area (Å²) in [6.07, 6.45) is 5.72. The van der Waals surface area contributed by atoms with Crippen molar-refractivity contribution >= 4 is 0 Å². The van der Waals surface area contributed by atoms with E-state index >= 15 is 0 Å². The molecule has 0 atom stereocenters. The van der Waals surface area contributed by atoms with Gasteiger partial charge >= 0.3 is 0 Å². The van der Waals surface area contributed by atoms with Crippen LogP contribution in [0.15, 0.2) is 24.3 Å². The number of rotatable bonds is 3. The zero-order chi connectivity index (χ0) is 9.80. The van der Waals surface area contributed by atoms with Gasteiger partial charge in [-0.2, -0.15) is 0 Å². The molecule has 0 radical (unpaired) electrons. The summed E-state index contributed by atoms with van der Waals surface area (Å²) in [6.45, 7) is 3.30. The summed E-state index contributed by atoms with van der Waals surface area (Å²) in [4.78, 5) is 0. The Bertz CT molecular complexity index is 270. The maximum Gasteiger partial charge on any atom is 0.101 e. The van der Waals surface area contributed by atoms with Crippen molar-refractivity contribution in [3.8, 4) is 0 Å². The number of nitrogens with two attached hydrogens (primary N) is 1. The molecule has 2 N–H and O–H groups in total. The Morgan fingerprint density at radius 1 is 1.14 bits per heavy atom. The first-order valence-corrected chi connectivity index (χ1v) is 5.73. The summed E-state index contributed by atoms with van der Waals surface area (Å²) >= 11 is 0. The molecule has 1 heteroatoms. The van der Waals surface area contributed by atoms with Crippen LogP contribution >= 0.6 is 0 Å². The van der Waals surface area contributed by atoms with Crippen LogP contribution in [0.1, 0.15) is 36.8 Å². The van der Waals surface area contributed by atoms with Gasteiger partial charge in [-0.15, -0.1) is 0 Å². The molecule has 1 aliphatic carbocycles. The molecular weight excluding hydrogens is 170 g/mol. The molecule has 0 amide bonds. The third kappa shape index (κ3) is 2.58. The molecular formula is C13H20N+.